The second-order valence-electron chi connectivity index (χ2n) is 6.96. The van der Waals surface area contributed by atoms with E-state index in [1.54, 1.807) is 12.1 Å². The largest absolute Gasteiger partial charge is 0.355 e. The van der Waals surface area contributed by atoms with E-state index < -0.39 is 10.0 Å². The predicted octanol–water partition coefficient (Wildman–Crippen LogP) is 4.66. The number of nitrogens with one attached hydrogen (secondary N) is 1. The molecule has 0 heterocycles. The van der Waals surface area contributed by atoms with Crippen molar-refractivity contribution in [2.75, 3.05) is 17.4 Å². The lowest BCUT2D eigenvalue weighted by Crippen LogP contribution is -2.41. The fraction of sp³-hybridized carbons (Fsp3) is 0.350. The average Bonchev–Trinajstić information content (AvgIpc) is 2.62. The van der Waals surface area contributed by atoms with Crippen molar-refractivity contribution >= 4 is 44.8 Å². The maximum absolute atomic E-state index is 13.2. The Hall–Kier alpha value is -1.76. The Morgan fingerprint density at radius 2 is 1.71 bits per heavy atom. The van der Waals surface area contributed by atoms with Crippen LogP contribution in [0.4, 0.5) is 5.69 Å². The lowest BCUT2D eigenvalue weighted by atomic mass is 10.1. The minimum atomic E-state index is -3.97. The first-order valence-electron chi connectivity index (χ1n) is 8.92. The van der Waals surface area contributed by atoms with Gasteiger partial charge in [-0.2, -0.15) is 0 Å². The van der Waals surface area contributed by atoms with Gasteiger partial charge in [0.05, 0.1) is 20.6 Å². The minimum absolute atomic E-state index is 0.0964. The van der Waals surface area contributed by atoms with Crippen LogP contribution in [0.3, 0.4) is 0 Å². The van der Waals surface area contributed by atoms with Crippen LogP contribution in [0.5, 0.6) is 0 Å². The molecular formula is C20H24Cl2N2O3S. The van der Waals surface area contributed by atoms with Gasteiger partial charge in [0.15, 0.2) is 0 Å². The maximum atomic E-state index is 13.2. The predicted molar refractivity (Wildman–Crippen MR) is 115 cm³/mol. The average molecular weight is 443 g/mol. The maximum Gasteiger partial charge on any atom is 0.264 e. The first kappa shape index (κ1) is 22.5. The highest BCUT2D eigenvalue weighted by atomic mass is 35.5. The fourth-order valence-electron chi connectivity index (χ4n) is 2.48. The molecule has 0 unspecified atom stereocenters. The molecule has 0 saturated heterocycles. The topological polar surface area (TPSA) is 66.5 Å². The van der Waals surface area contributed by atoms with Gasteiger partial charge in [-0.3, -0.25) is 9.10 Å². The number of halogens is 2. The van der Waals surface area contributed by atoms with Gasteiger partial charge in [-0.05, 0) is 49.6 Å². The highest BCUT2D eigenvalue weighted by Crippen LogP contribution is 2.30. The van der Waals surface area contributed by atoms with Crippen molar-refractivity contribution in [3.8, 4) is 0 Å². The second-order valence-corrected chi connectivity index (χ2v) is 9.63. The molecule has 0 aromatic heterocycles. The Morgan fingerprint density at radius 1 is 1.07 bits per heavy atom. The van der Waals surface area contributed by atoms with E-state index in [9.17, 15) is 13.2 Å². The van der Waals surface area contributed by atoms with Crippen molar-refractivity contribution in [1.29, 1.82) is 0 Å². The number of benzene rings is 2. The van der Waals surface area contributed by atoms with Crippen molar-refractivity contribution < 1.29 is 13.2 Å². The summed E-state index contributed by atoms with van der Waals surface area (Å²) in [5, 5.41) is 3.29. The number of carbonyl (C=O) groups excluding carboxylic acids is 1. The molecule has 0 spiro atoms. The minimum Gasteiger partial charge on any atom is -0.355 e. The van der Waals surface area contributed by atoms with Crippen LogP contribution in [-0.4, -0.2) is 27.4 Å². The molecular weight excluding hydrogens is 419 g/mol. The SMILES string of the molecule is Cc1ccc(S(=O)(=O)N(CC(=O)NCCC(C)C)c2ccc(Cl)c(Cl)c2)cc1. The molecule has 1 N–H and O–H groups in total. The van der Waals surface area contributed by atoms with E-state index in [0.29, 0.717) is 17.5 Å². The number of carbonyl (C=O) groups is 1. The molecule has 0 radical (unpaired) electrons. The number of hydrogen-bond acceptors (Lipinski definition) is 3. The molecule has 5 nitrogen and oxygen atoms in total. The highest BCUT2D eigenvalue weighted by molar-refractivity contribution is 7.92. The van der Waals surface area contributed by atoms with E-state index in [1.165, 1.54) is 30.3 Å². The molecule has 0 aliphatic heterocycles. The van der Waals surface area contributed by atoms with Gasteiger partial charge in [-0.15, -0.1) is 0 Å². The summed E-state index contributed by atoms with van der Waals surface area (Å²) in [5.41, 5.74) is 1.21. The van der Waals surface area contributed by atoms with Gasteiger partial charge >= 0.3 is 0 Å². The van der Waals surface area contributed by atoms with Gasteiger partial charge in [0.25, 0.3) is 10.0 Å². The Balaban J connectivity index is 2.36. The molecule has 1 amide bonds. The van der Waals surface area contributed by atoms with Gasteiger partial charge < -0.3 is 5.32 Å². The normalized spacial score (nSPS) is 11.5. The quantitative estimate of drug-likeness (QED) is 0.646. The van der Waals surface area contributed by atoms with Crippen LogP contribution in [-0.2, 0) is 14.8 Å². The zero-order chi connectivity index (χ0) is 20.9. The van der Waals surface area contributed by atoms with E-state index in [2.05, 4.69) is 19.2 Å². The second kappa shape index (κ2) is 9.63. The zero-order valence-electron chi connectivity index (χ0n) is 16.1. The number of nitrogens with zero attached hydrogens (tertiary/aromatic N) is 1. The van der Waals surface area contributed by atoms with E-state index in [1.807, 2.05) is 6.92 Å². The van der Waals surface area contributed by atoms with Crippen LogP contribution in [0.15, 0.2) is 47.4 Å². The van der Waals surface area contributed by atoms with Crippen LogP contribution in [0.1, 0.15) is 25.8 Å². The Labute approximate surface area is 176 Å². The number of sulfonamides is 1. The number of hydrogen-bond donors (Lipinski definition) is 1. The molecule has 28 heavy (non-hydrogen) atoms. The summed E-state index contributed by atoms with van der Waals surface area (Å²) in [6.07, 6.45) is 0.809. The molecule has 0 fully saturated rings. The van der Waals surface area contributed by atoms with Crippen LogP contribution in [0.25, 0.3) is 0 Å². The highest BCUT2D eigenvalue weighted by Gasteiger charge is 2.27. The molecule has 2 rings (SSSR count). The molecule has 0 atom stereocenters. The zero-order valence-corrected chi connectivity index (χ0v) is 18.4. The molecule has 0 aliphatic carbocycles. The van der Waals surface area contributed by atoms with E-state index in [4.69, 9.17) is 23.2 Å². The summed E-state index contributed by atoms with van der Waals surface area (Å²) in [6.45, 7) is 6.10. The van der Waals surface area contributed by atoms with Crippen LogP contribution in [0.2, 0.25) is 10.0 Å². The third-order valence-corrected chi connectivity index (χ3v) is 6.66. The standard InChI is InChI=1S/C20H24Cl2N2O3S/c1-14(2)10-11-23-20(25)13-24(16-6-9-18(21)19(22)12-16)28(26,27)17-7-4-15(3)5-8-17/h4-9,12,14H,10-11,13H2,1-3H3,(H,23,25). The molecule has 0 bridgehead atoms. The molecule has 2 aromatic rings. The first-order valence-corrected chi connectivity index (χ1v) is 11.1. The lowest BCUT2D eigenvalue weighted by Gasteiger charge is -2.24. The molecule has 152 valence electrons. The Morgan fingerprint density at radius 3 is 2.29 bits per heavy atom. The summed E-state index contributed by atoms with van der Waals surface area (Å²) in [5.74, 6) is 0.0465. The van der Waals surface area contributed by atoms with E-state index in [0.717, 1.165) is 16.3 Å². The van der Waals surface area contributed by atoms with Gasteiger partial charge in [-0.1, -0.05) is 54.7 Å². The lowest BCUT2D eigenvalue weighted by molar-refractivity contribution is -0.119. The van der Waals surface area contributed by atoms with Crippen LogP contribution >= 0.6 is 23.2 Å². The van der Waals surface area contributed by atoms with Crippen LogP contribution in [0, 0.1) is 12.8 Å². The van der Waals surface area contributed by atoms with Crippen molar-refractivity contribution in [3.05, 3.63) is 58.1 Å². The number of anilines is 1. The van der Waals surface area contributed by atoms with Crippen molar-refractivity contribution in [1.82, 2.24) is 5.32 Å². The van der Waals surface area contributed by atoms with Crippen LogP contribution < -0.4 is 9.62 Å². The van der Waals surface area contributed by atoms with Crippen molar-refractivity contribution in [3.63, 3.8) is 0 Å². The third kappa shape index (κ3) is 5.87. The molecule has 2 aromatic carbocycles. The number of rotatable bonds is 8. The Bertz CT molecular complexity index is 929. The van der Waals surface area contributed by atoms with Crippen molar-refractivity contribution in [2.24, 2.45) is 5.92 Å². The summed E-state index contributed by atoms with van der Waals surface area (Å²) in [4.78, 5) is 12.5. The summed E-state index contributed by atoms with van der Waals surface area (Å²) in [7, 11) is -3.97. The van der Waals surface area contributed by atoms with Gasteiger partial charge in [0.1, 0.15) is 6.54 Å². The van der Waals surface area contributed by atoms with Gasteiger partial charge in [-0.25, -0.2) is 8.42 Å². The van der Waals surface area contributed by atoms with E-state index >= 15 is 0 Å². The smallest absolute Gasteiger partial charge is 0.264 e. The van der Waals surface area contributed by atoms with Gasteiger partial charge in [0, 0.05) is 6.54 Å². The molecule has 0 aliphatic rings. The fourth-order valence-corrected chi connectivity index (χ4v) is 4.18. The summed E-state index contributed by atoms with van der Waals surface area (Å²) in [6, 6.07) is 10.9. The molecule has 8 heteroatoms. The first-order chi connectivity index (χ1) is 13.1. The van der Waals surface area contributed by atoms with Gasteiger partial charge in [0.2, 0.25) is 5.91 Å². The van der Waals surface area contributed by atoms with Crippen molar-refractivity contribution in [2.45, 2.75) is 32.1 Å². The Kier molecular flexibility index (Phi) is 7.75. The number of aryl methyl sites for hydroxylation is 1. The molecule has 0 saturated carbocycles. The number of amides is 1. The monoisotopic (exact) mass is 442 g/mol. The van der Waals surface area contributed by atoms with E-state index in [-0.39, 0.29) is 28.1 Å². The summed E-state index contributed by atoms with van der Waals surface area (Å²) >= 11 is 12.0. The summed E-state index contributed by atoms with van der Waals surface area (Å²) < 4.78 is 27.5. The third-order valence-electron chi connectivity index (χ3n) is 4.13.